The van der Waals surface area contributed by atoms with Gasteiger partial charge >= 0.3 is 13.9 Å². The van der Waals surface area contributed by atoms with Crippen LogP contribution in [-0.4, -0.2) is 30.2 Å². The molecule has 10 heteroatoms. The van der Waals surface area contributed by atoms with Crippen LogP contribution in [0, 0.1) is 0 Å². The minimum absolute atomic E-state index is 0.198. The van der Waals surface area contributed by atoms with Crippen LogP contribution in [-0.2, 0) is 29.2 Å². The molecular formula is C19H35N4O5P. The molecule has 0 amide bonds. The Labute approximate surface area is 172 Å². The maximum atomic E-state index is 12.7. The monoisotopic (exact) mass is 430 g/mol. The van der Waals surface area contributed by atoms with Gasteiger partial charge < -0.3 is 14.0 Å². The van der Waals surface area contributed by atoms with Gasteiger partial charge in [0.05, 0.1) is 12.9 Å². The summed E-state index contributed by atoms with van der Waals surface area (Å²) in [7, 11) is -1.27. The normalized spacial score (nSPS) is 12.0. The number of aromatic nitrogens is 4. The summed E-state index contributed by atoms with van der Waals surface area (Å²) in [5.74, 6) is 0. The molecule has 2 heterocycles. The number of unbranched alkanes of at least 4 members (excludes halogenated alkanes) is 4. The highest BCUT2D eigenvalue weighted by Crippen LogP contribution is 2.15. The van der Waals surface area contributed by atoms with Gasteiger partial charge in [-0.05, 0) is 25.7 Å². The van der Waals surface area contributed by atoms with E-state index in [4.69, 9.17) is 4.89 Å². The molecule has 0 spiro atoms. The molecule has 1 atom stereocenters. The fourth-order valence-corrected chi connectivity index (χ4v) is 3.04. The van der Waals surface area contributed by atoms with Crippen molar-refractivity contribution < 1.29 is 14.0 Å². The highest BCUT2D eigenvalue weighted by Gasteiger charge is 2.15. The van der Waals surface area contributed by atoms with Gasteiger partial charge in [0.15, 0.2) is 11.2 Å². The molecule has 0 saturated carbocycles. The zero-order valence-corrected chi connectivity index (χ0v) is 19.0. The number of aryl methyl sites for hydroxylation is 2. The number of rotatable bonds is 11. The Hall–Kier alpha value is -1.70. The minimum Gasteiger partial charge on any atom is -0.326 e. The maximum Gasteiger partial charge on any atom is 0.332 e. The Kier molecular flexibility index (Phi) is 11.8. The van der Waals surface area contributed by atoms with Crippen LogP contribution in [0.15, 0.2) is 15.9 Å². The first-order valence-electron chi connectivity index (χ1n) is 10.4. The van der Waals surface area contributed by atoms with Crippen molar-refractivity contribution in [3.63, 3.8) is 0 Å². The molecule has 0 bridgehead atoms. The molecule has 1 N–H and O–H groups in total. The molecule has 0 radical (unpaired) electrons. The van der Waals surface area contributed by atoms with Gasteiger partial charge in [-0.15, -0.1) is 0 Å². The van der Waals surface area contributed by atoms with Gasteiger partial charge in [-0.2, -0.15) is 0 Å². The molecule has 2 rings (SSSR count). The summed E-state index contributed by atoms with van der Waals surface area (Å²) in [6.07, 6.45) is 8.09. The fraction of sp³-hybridized carbons (Fsp3) is 0.737. The van der Waals surface area contributed by atoms with Gasteiger partial charge in [0, 0.05) is 20.1 Å². The Bertz CT molecular complexity index is 885. The molecule has 0 aliphatic heterocycles. The standard InChI is InChI=1S/C15H25N4O5P.C4H10/c1-3-4-8-18-11-16-13-12(18)14(20)19(15(21)17(13)2)9-6-5-7-10-24-25(22)23;1-3-4-2/h11,25H,3-10H2,1-2H3,(H,22,23);3-4H2,1-2H3. The first kappa shape index (κ1) is 25.3. The lowest BCUT2D eigenvalue weighted by molar-refractivity contribution is 0.273. The summed E-state index contributed by atoms with van der Waals surface area (Å²) in [4.78, 5) is 38.0. The molecule has 0 fully saturated rings. The average Bonchev–Trinajstić information content (AvgIpc) is 3.13. The molecule has 0 aliphatic carbocycles. The lowest BCUT2D eigenvalue weighted by atomic mass is 10.2. The van der Waals surface area contributed by atoms with E-state index in [-0.39, 0.29) is 17.9 Å². The van der Waals surface area contributed by atoms with E-state index in [0.717, 1.165) is 12.8 Å². The molecule has 0 aromatic carbocycles. The SMILES string of the molecule is CCCC.CCCCn1cnc2c1c(=O)n(CCCCCO[PH](=O)O)c(=O)n2C. The fourth-order valence-electron chi connectivity index (χ4n) is 2.73. The van der Waals surface area contributed by atoms with Crippen molar-refractivity contribution in [2.24, 2.45) is 7.05 Å². The van der Waals surface area contributed by atoms with Crippen molar-refractivity contribution in [2.75, 3.05) is 6.61 Å². The highest BCUT2D eigenvalue weighted by atomic mass is 31.1. The third kappa shape index (κ3) is 7.57. The smallest absolute Gasteiger partial charge is 0.326 e. The minimum atomic E-state index is -2.89. The van der Waals surface area contributed by atoms with Gasteiger partial charge in [-0.1, -0.05) is 40.0 Å². The third-order valence-electron chi connectivity index (χ3n) is 4.61. The van der Waals surface area contributed by atoms with Crippen LogP contribution in [0.2, 0.25) is 0 Å². The van der Waals surface area contributed by atoms with E-state index in [0.29, 0.717) is 43.5 Å². The Morgan fingerprint density at radius 1 is 1.03 bits per heavy atom. The van der Waals surface area contributed by atoms with E-state index in [9.17, 15) is 14.2 Å². The largest absolute Gasteiger partial charge is 0.332 e. The van der Waals surface area contributed by atoms with Gasteiger partial charge in [0.25, 0.3) is 5.56 Å². The number of nitrogens with zero attached hydrogens (tertiary/aromatic N) is 4. The zero-order chi connectivity index (χ0) is 21.8. The van der Waals surface area contributed by atoms with Crippen molar-refractivity contribution >= 4 is 19.4 Å². The molecule has 0 aliphatic rings. The summed E-state index contributed by atoms with van der Waals surface area (Å²) >= 11 is 0. The second-order valence-electron chi connectivity index (χ2n) is 6.94. The van der Waals surface area contributed by atoms with E-state index in [1.807, 2.05) is 4.57 Å². The van der Waals surface area contributed by atoms with Crippen molar-refractivity contribution in [1.82, 2.24) is 18.7 Å². The molecule has 2 aromatic rings. The van der Waals surface area contributed by atoms with Crippen molar-refractivity contribution in [3.05, 3.63) is 27.2 Å². The number of imidazole rings is 1. The van der Waals surface area contributed by atoms with E-state index in [1.54, 1.807) is 13.4 Å². The van der Waals surface area contributed by atoms with Crippen LogP contribution < -0.4 is 11.2 Å². The predicted molar refractivity (Wildman–Crippen MR) is 116 cm³/mol. The Balaban J connectivity index is 0.000000960. The van der Waals surface area contributed by atoms with Crippen LogP contribution in [0.5, 0.6) is 0 Å². The Morgan fingerprint density at radius 2 is 1.72 bits per heavy atom. The maximum absolute atomic E-state index is 12.7. The van der Waals surface area contributed by atoms with Crippen LogP contribution in [0.3, 0.4) is 0 Å². The summed E-state index contributed by atoms with van der Waals surface area (Å²) in [5.41, 5.74) is 0.167. The first-order chi connectivity index (χ1) is 13.9. The van der Waals surface area contributed by atoms with Crippen LogP contribution >= 0.6 is 8.25 Å². The van der Waals surface area contributed by atoms with Crippen molar-refractivity contribution in [3.8, 4) is 0 Å². The van der Waals surface area contributed by atoms with Gasteiger partial charge in [0.1, 0.15) is 0 Å². The van der Waals surface area contributed by atoms with Gasteiger partial charge in [0.2, 0.25) is 0 Å². The van der Waals surface area contributed by atoms with E-state index in [1.165, 1.54) is 22.0 Å². The topological polar surface area (TPSA) is 108 Å². The summed E-state index contributed by atoms with van der Waals surface area (Å²) in [6.45, 7) is 7.63. The second-order valence-corrected chi connectivity index (χ2v) is 7.76. The third-order valence-corrected chi connectivity index (χ3v) is 5.06. The zero-order valence-electron chi connectivity index (χ0n) is 18.0. The predicted octanol–water partition coefficient (Wildman–Crippen LogP) is 3.07. The number of hydrogen-bond donors (Lipinski definition) is 1. The van der Waals surface area contributed by atoms with E-state index >= 15 is 0 Å². The molecular weight excluding hydrogens is 395 g/mol. The molecule has 9 nitrogen and oxygen atoms in total. The lowest BCUT2D eigenvalue weighted by Crippen LogP contribution is -2.39. The Morgan fingerprint density at radius 3 is 2.31 bits per heavy atom. The summed E-state index contributed by atoms with van der Waals surface area (Å²) in [5, 5.41) is 0. The lowest BCUT2D eigenvalue weighted by Gasteiger charge is -2.09. The molecule has 29 heavy (non-hydrogen) atoms. The summed E-state index contributed by atoms with van der Waals surface area (Å²) < 4.78 is 19.5. The van der Waals surface area contributed by atoms with E-state index < -0.39 is 8.25 Å². The van der Waals surface area contributed by atoms with Gasteiger partial charge in [-0.3, -0.25) is 18.5 Å². The first-order valence-corrected chi connectivity index (χ1v) is 11.7. The molecule has 0 saturated heterocycles. The van der Waals surface area contributed by atoms with E-state index in [2.05, 4.69) is 30.3 Å². The van der Waals surface area contributed by atoms with Gasteiger partial charge in [-0.25, -0.2) is 9.78 Å². The van der Waals surface area contributed by atoms with Crippen LogP contribution in [0.1, 0.15) is 65.7 Å². The molecule has 166 valence electrons. The van der Waals surface area contributed by atoms with Crippen molar-refractivity contribution in [2.45, 2.75) is 78.8 Å². The second kappa shape index (κ2) is 13.5. The number of hydrogen-bond acceptors (Lipinski definition) is 5. The average molecular weight is 430 g/mol. The van der Waals surface area contributed by atoms with Crippen LogP contribution in [0.4, 0.5) is 0 Å². The molecule has 2 aromatic heterocycles. The summed E-state index contributed by atoms with van der Waals surface area (Å²) in [6, 6.07) is 0. The quantitative estimate of drug-likeness (QED) is 0.434. The number of fused-ring (bicyclic) bond motifs is 1. The van der Waals surface area contributed by atoms with Crippen LogP contribution in [0.25, 0.3) is 11.2 Å². The van der Waals surface area contributed by atoms with Crippen molar-refractivity contribution in [1.29, 1.82) is 0 Å². The molecule has 1 unspecified atom stereocenters. The highest BCUT2D eigenvalue weighted by molar-refractivity contribution is 7.32.